The molecule has 1 heterocycles. The Bertz CT molecular complexity index is 491. The maximum atomic E-state index is 5.63. The smallest absolute Gasteiger partial charge is 0.105 e. The molecule has 18 heavy (non-hydrogen) atoms. The Balaban J connectivity index is 2.07. The lowest BCUT2D eigenvalue weighted by Crippen LogP contribution is -2.38. The maximum absolute atomic E-state index is 5.63. The summed E-state index contributed by atoms with van der Waals surface area (Å²) < 4.78 is 5.36. The molecule has 0 radical (unpaired) electrons. The van der Waals surface area contributed by atoms with Crippen LogP contribution in [-0.4, -0.2) is 6.04 Å². The van der Waals surface area contributed by atoms with Crippen LogP contribution in [0.2, 0.25) is 0 Å². The quantitative estimate of drug-likeness (QED) is 0.627. The SMILES string of the molecule is Cc1ccc(C)c(CC(Cc2ccco2)NN)c1. The fraction of sp³-hybridized carbons (Fsp3) is 0.333. The van der Waals surface area contributed by atoms with Crippen LogP contribution in [-0.2, 0) is 12.8 Å². The van der Waals surface area contributed by atoms with E-state index in [0.29, 0.717) is 0 Å². The molecule has 0 fully saturated rings. The van der Waals surface area contributed by atoms with E-state index in [0.717, 1.165) is 18.6 Å². The van der Waals surface area contributed by atoms with Crippen LogP contribution in [0, 0.1) is 13.8 Å². The molecule has 0 spiro atoms. The molecule has 1 unspecified atom stereocenters. The number of nitrogens with one attached hydrogen (secondary N) is 1. The predicted molar refractivity (Wildman–Crippen MR) is 73.1 cm³/mol. The first-order valence-electron chi connectivity index (χ1n) is 6.23. The average molecular weight is 244 g/mol. The molecule has 0 aliphatic heterocycles. The van der Waals surface area contributed by atoms with E-state index in [-0.39, 0.29) is 6.04 Å². The summed E-state index contributed by atoms with van der Waals surface area (Å²) in [5, 5.41) is 0. The van der Waals surface area contributed by atoms with E-state index in [1.54, 1.807) is 6.26 Å². The molecule has 0 aliphatic carbocycles. The van der Waals surface area contributed by atoms with Crippen molar-refractivity contribution < 1.29 is 4.42 Å². The molecular weight excluding hydrogens is 224 g/mol. The van der Waals surface area contributed by atoms with Gasteiger partial charge in [0.25, 0.3) is 0 Å². The zero-order valence-electron chi connectivity index (χ0n) is 10.9. The number of aryl methyl sites for hydroxylation is 2. The van der Waals surface area contributed by atoms with Crippen molar-refractivity contribution in [2.75, 3.05) is 0 Å². The number of hydrazine groups is 1. The Kier molecular flexibility index (Phi) is 4.18. The van der Waals surface area contributed by atoms with Crippen LogP contribution < -0.4 is 11.3 Å². The minimum atomic E-state index is 0.191. The first kappa shape index (κ1) is 12.9. The number of furan rings is 1. The molecule has 3 N–H and O–H groups in total. The van der Waals surface area contributed by atoms with Gasteiger partial charge in [0.2, 0.25) is 0 Å². The third kappa shape index (κ3) is 3.22. The largest absolute Gasteiger partial charge is 0.469 e. The number of hydrogen-bond acceptors (Lipinski definition) is 3. The van der Waals surface area contributed by atoms with Gasteiger partial charge in [0, 0.05) is 12.5 Å². The third-order valence-corrected chi connectivity index (χ3v) is 3.23. The fourth-order valence-electron chi connectivity index (χ4n) is 2.15. The molecular formula is C15H20N2O. The zero-order valence-corrected chi connectivity index (χ0v) is 10.9. The van der Waals surface area contributed by atoms with Gasteiger partial charge < -0.3 is 4.42 Å². The first-order valence-corrected chi connectivity index (χ1v) is 6.23. The van der Waals surface area contributed by atoms with Crippen LogP contribution >= 0.6 is 0 Å². The van der Waals surface area contributed by atoms with E-state index >= 15 is 0 Å². The van der Waals surface area contributed by atoms with E-state index in [2.05, 4.69) is 37.5 Å². The number of rotatable bonds is 5. The van der Waals surface area contributed by atoms with Crippen molar-refractivity contribution in [1.82, 2.24) is 5.43 Å². The normalized spacial score (nSPS) is 12.6. The van der Waals surface area contributed by atoms with Crippen molar-refractivity contribution in [2.45, 2.75) is 32.7 Å². The van der Waals surface area contributed by atoms with E-state index in [9.17, 15) is 0 Å². The molecule has 2 rings (SSSR count). The molecule has 0 saturated carbocycles. The molecule has 1 aromatic carbocycles. The Morgan fingerprint density at radius 3 is 2.72 bits per heavy atom. The van der Waals surface area contributed by atoms with Crippen LogP contribution in [0.25, 0.3) is 0 Å². The van der Waals surface area contributed by atoms with Gasteiger partial charge in [-0.2, -0.15) is 0 Å². The summed E-state index contributed by atoms with van der Waals surface area (Å²) in [6.45, 7) is 4.25. The lowest BCUT2D eigenvalue weighted by molar-refractivity contribution is 0.444. The van der Waals surface area contributed by atoms with E-state index < -0.39 is 0 Å². The van der Waals surface area contributed by atoms with Gasteiger partial charge in [0.1, 0.15) is 5.76 Å². The van der Waals surface area contributed by atoms with Gasteiger partial charge in [0.15, 0.2) is 0 Å². The van der Waals surface area contributed by atoms with Crippen molar-refractivity contribution in [2.24, 2.45) is 5.84 Å². The van der Waals surface area contributed by atoms with Crippen molar-refractivity contribution in [3.8, 4) is 0 Å². The number of benzene rings is 1. The number of nitrogens with two attached hydrogens (primary N) is 1. The van der Waals surface area contributed by atoms with Gasteiger partial charge in [-0.15, -0.1) is 0 Å². The standard InChI is InChI=1S/C15H20N2O/c1-11-5-6-12(2)13(8-11)9-14(17-16)10-15-4-3-7-18-15/h3-8,14,17H,9-10,16H2,1-2H3. The van der Waals surface area contributed by atoms with E-state index in [1.807, 2.05) is 12.1 Å². The summed E-state index contributed by atoms with van der Waals surface area (Å²) in [5.74, 6) is 6.60. The Hall–Kier alpha value is -1.58. The summed E-state index contributed by atoms with van der Waals surface area (Å²) in [4.78, 5) is 0. The van der Waals surface area contributed by atoms with Crippen LogP contribution in [0.5, 0.6) is 0 Å². The highest BCUT2D eigenvalue weighted by atomic mass is 16.3. The monoisotopic (exact) mass is 244 g/mol. The fourth-order valence-corrected chi connectivity index (χ4v) is 2.15. The van der Waals surface area contributed by atoms with Gasteiger partial charge in [-0.25, -0.2) is 0 Å². The summed E-state index contributed by atoms with van der Waals surface area (Å²) in [6.07, 6.45) is 3.41. The second kappa shape index (κ2) is 5.85. The predicted octanol–water partition coefficient (Wildman–Crippen LogP) is 2.51. The second-order valence-corrected chi connectivity index (χ2v) is 4.78. The van der Waals surface area contributed by atoms with Gasteiger partial charge >= 0.3 is 0 Å². The summed E-state index contributed by atoms with van der Waals surface area (Å²) in [7, 11) is 0. The van der Waals surface area contributed by atoms with Crippen molar-refractivity contribution >= 4 is 0 Å². The summed E-state index contributed by atoms with van der Waals surface area (Å²) in [5.41, 5.74) is 6.80. The molecule has 96 valence electrons. The summed E-state index contributed by atoms with van der Waals surface area (Å²) >= 11 is 0. The molecule has 3 heteroatoms. The molecule has 2 aromatic rings. The molecule has 1 aromatic heterocycles. The van der Waals surface area contributed by atoms with Crippen LogP contribution in [0.3, 0.4) is 0 Å². The minimum absolute atomic E-state index is 0.191. The lowest BCUT2D eigenvalue weighted by Gasteiger charge is -2.16. The van der Waals surface area contributed by atoms with Gasteiger partial charge in [0.05, 0.1) is 6.26 Å². The number of hydrogen-bond donors (Lipinski definition) is 2. The third-order valence-electron chi connectivity index (χ3n) is 3.23. The van der Waals surface area contributed by atoms with Crippen LogP contribution in [0.4, 0.5) is 0 Å². The average Bonchev–Trinajstić information content (AvgIpc) is 2.85. The molecule has 0 bridgehead atoms. The first-order chi connectivity index (χ1) is 8.69. The lowest BCUT2D eigenvalue weighted by atomic mass is 9.97. The van der Waals surface area contributed by atoms with Gasteiger partial charge in [-0.3, -0.25) is 11.3 Å². The Morgan fingerprint density at radius 1 is 1.22 bits per heavy atom. The Morgan fingerprint density at radius 2 is 2.06 bits per heavy atom. The molecule has 0 aliphatic rings. The molecule has 1 atom stereocenters. The van der Waals surface area contributed by atoms with Crippen LogP contribution in [0.15, 0.2) is 41.0 Å². The summed E-state index contributed by atoms with van der Waals surface area (Å²) in [6, 6.07) is 10.6. The zero-order chi connectivity index (χ0) is 13.0. The highest BCUT2D eigenvalue weighted by Crippen LogP contribution is 2.15. The van der Waals surface area contributed by atoms with E-state index in [1.165, 1.54) is 16.7 Å². The maximum Gasteiger partial charge on any atom is 0.105 e. The molecule has 0 saturated heterocycles. The second-order valence-electron chi connectivity index (χ2n) is 4.78. The highest BCUT2D eigenvalue weighted by Gasteiger charge is 2.12. The molecule has 0 amide bonds. The van der Waals surface area contributed by atoms with Crippen LogP contribution in [0.1, 0.15) is 22.5 Å². The van der Waals surface area contributed by atoms with Crippen molar-refractivity contribution in [1.29, 1.82) is 0 Å². The van der Waals surface area contributed by atoms with Gasteiger partial charge in [-0.1, -0.05) is 23.8 Å². The van der Waals surface area contributed by atoms with Crippen molar-refractivity contribution in [3.63, 3.8) is 0 Å². The van der Waals surface area contributed by atoms with Crippen molar-refractivity contribution in [3.05, 3.63) is 59.0 Å². The van der Waals surface area contributed by atoms with Gasteiger partial charge in [-0.05, 0) is 43.5 Å². The molecule has 3 nitrogen and oxygen atoms in total. The van der Waals surface area contributed by atoms with E-state index in [4.69, 9.17) is 10.3 Å². The highest BCUT2D eigenvalue weighted by molar-refractivity contribution is 5.31. The topological polar surface area (TPSA) is 51.2 Å². The minimum Gasteiger partial charge on any atom is -0.469 e. The Labute approximate surface area is 108 Å².